The number of carbonyl (C=O) groups is 1. The van der Waals surface area contributed by atoms with Gasteiger partial charge in [-0.15, -0.1) is 0 Å². The highest BCUT2D eigenvalue weighted by Crippen LogP contribution is 2.32. The van der Waals surface area contributed by atoms with Crippen LogP contribution in [0, 0.1) is 0 Å². The molecule has 0 saturated carbocycles. The average Bonchev–Trinajstić information content (AvgIpc) is 3.07. The van der Waals surface area contributed by atoms with Crippen LogP contribution in [0.3, 0.4) is 0 Å². The molecule has 5 heteroatoms. The molecule has 1 amide bonds. The molecule has 1 saturated heterocycles. The number of fused-ring (bicyclic) bond motifs is 1. The van der Waals surface area contributed by atoms with E-state index in [1.54, 1.807) is 0 Å². The standard InChI is InChI=1S/C14H17NO4/c16-14(15-8-11-2-1-5-17-11)7-10-3-4-12-13(6-10)19-9-18-12/h3-4,6,11H,1-2,5,7-9H2,(H,15,16). The number of amides is 1. The van der Waals surface area contributed by atoms with Crippen LogP contribution in [0.4, 0.5) is 0 Å². The van der Waals surface area contributed by atoms with Crippen LogP contribution in [0.2, 0.25) is 0 Å². The molecule has 0 aromatic heterocycles. The quantitative estimate of drug-likeness (QED) is 0.888. The van der Waals surface area contributed by atoms with Crippen LogP contribution in [-0.4, -0.2) is 32.0 Å². The van der Waals surface area contributed by atoms with E-state index in [1.807, 2.05) is 18.2 Å². The van der Waals surface area contributed by atoms with Crippen LogP contribution in [0.15, 0.2) is 18.2 Å². The first kappa shape index (κ1) is 12.3. The van der Waals surface area contributed by atoms with Gasteiger partial charge in [-0.05, 0) is 30.5 Å². The first-order valence-corrected chi connectivity index (χ1v) is 6.58. The van der Waals surface area contributed by atoms with Gasteiger partial charge in [0.05, 0.1) is 12.5 Å². The first-order chi connectivity index (χ1) is 9.31. The van der Waals surface area contributed by atoms with E-state index in [4.69, 9.17) is 14.2 Å². The lowest BCUT2D eigenvalue weighted by Crippen LogP contribution is -2.32. The minimum absolute atomic E-state index is 0.00867. The third-order valence-electron chi connectivity index (χ3n) is 3.35. The van der Waals surface area contributed by atoms with Gasteiger partial charge < -0.3 is 19.5 Å². The molecule has 1 N–H and O–H groups in total. The predicted molar refractivity (Wildman–Crippen MR) is 68.3 cm³/mol. The summed E-state index contributed by atoms with van der Waals surface area (Å²) in [5.74, 6) is 1.46. The van der Waals surface area contributed by atoms with Crippen molar-refractivity contribution in [1.29, 1.82) is 0 Å². The molecule has 0 aliphatic carbocycles. The SMILES string of the molecule is O=C(Cc1ccc2c(c1)OCO2)NCC1CCCO1. The zero-order valence-corrected chi connectivity index (χ0v) is 10.7. The molecule has 0 spiro atoms. The van der Waals surface area contributed by atoms with Crippen LogP contribution in [0.5, 0.6) is 11.5 Å². The zero-order chi connectivity index (χ0) is 13.1. The van der Waals surface area contributed by atoms with Crippen LogP contribution in [-0.2, 0) is 16.0 Å². The van der Waals surface area contributed by atoms with E-state index in [9.17, 15) is 4.79 Å². The van der Waals surface area contributed by atoms with Gasteiger partial charge in [0.15, 0.2) is 11.5 Å². The number of rotatable bonds is 4. The Labute approximate surface area is 111 Å². The molecule has 2 aliphatic rings. The Hall–Kier alpha value is -1.75. The van der Waals surface area contributed by atoms with Crippen LogP contribution in [0.25, 0.3) is 0 Å². The Morgan fingerprint density at radius 3 is 3.05 bits per heavy atom. The first-order valence-electron chi connectivity index (χ1n) is 6.58. The van der Waals surface area contributed by atoms with Crippen molar-refractivity contribution in [1.82, 2.24) is 5.32 Å². The lowest BCUT2D eigenvalue weighted by Gasteiger charge is -2.10. The molecule has 1 aromatic rings. The summed E-state index contributed by atoms with van der Waals surface area (Å²) >= 11 is 0. The Morgan fingerprint density at radius 2 is 2.21 bits per heavy atom. The van der Waals surface area contributed by atoms with Crippen molar-refractivity contribution in [3.8, 4) is 11.5 Å². The Kier molecular flexibility index (Phi) is 3.55. The summed E-state index contributed by atoms with van der Waals surface area (Å²) in [7, 11) is 0. The predicted octanol–water partition coefficient (Wildman–Crippen LogP) is 1.25. The molecule has 0 bridgehead atoms. The molecule has 2 heterocycles. The smallest absolute Gasteiger partial charge is 0.231 e. The van der Waals surface area contributed by atoms with E-state index in [2.05, 4.69) is 5.32 Å². The monoisotopic (exact) mass is 263 g/mol. The van der Waals surface area contributed by atoms with Gasteiger partial charge in [0.1, 0.15) is 0 Å². The van der Waals surface area contributed by atoms with Crippen LogP contribution in [0.1, 0.15) is 18.4 Å². The van der Waals surface area contributed by atoms with E-state index in [0.717, 1.165) is 30.8 Å². The number of nitrogens with one attached hydrogen (secondary N) is 1. The van der Waals surface area contributed by atoms with Crippen molar-refractivity contribution in [3.05, 3.63) is 23.8 Å². The molecule has 1 aromatic carbocycles. The molecular formula is C14H17NO4. The average molecular weight is 263 g/mol. The van der Waals surface area contributed by atoms with Gasteiger partial charge in [0.25, 0.3) is 0 Å². The summed E-state index contributed by atoms with van der Waals surface area (Å²) in [6.07, 6.45) is 2.65. The molecular weight excluding hydrogens is 246 g/mol. The Bertz CT molecular complexity index is 469. The van der Waals surface area contributed by atoms with Gasteiger partial charge in [-0.1, -0.05) is 6.07 Å². The minimum atomic E-state index is 0.00867. The molecule has 3 rings (SSSR count). The van der Waals surface area contributed by atoms with E-state index >= 15 is 0 Å². The second-order valence-corrected chi connectivity index (χ2v) is 4.80. The van der Waals surface area contributed by atoms with Crippen molar-refractivity contribution in [2.24, 2.45) is 0 Å². The normalized spacial score (nSPS) is 20.5. The van der Waals surface area contributed by atoms with E-state index < -0.39 is 0 Å². The third kappa shape index (κ3) is 2.98. The van der Waals surface area contributed by atoms with Gasteiger partial charge in [-0.3, -0.25) is 4.79 Å². The molecule has 1 atom stereocenters. The molecule has 5 nitrogen and oxygen atoms in total. The molecule has 1 unspecified atom stereocenters. The summed E-state index contributed by atoms with van der Waals surface area (Å²) in [4.78, 5) is 11.8. The summed E-state index contributed by atoms with van der Waals surface area (Å²) in [5, 5.41) is 2.90. The van der Waals surface area contributed by atoms with Crippen molar-refractivity contribution in [3.63, 3.8) is 0 Å². The lowest BCUT2D eigenvalue weighted by molar-refractivity contribution is -0.120. The Balaban J connectivity index is 1.51. The molecule has 102 valence electrons. The second kappa shape index (κ2) is 5.48. The highest BCUT2D eigenvalue weighted by molar-refractivity contribution is 5.78. The maximum Gasteiger partial charge on any atom is 0.231 e. The topological polar surface area (TPSA) is 56.8 Å². The molecule has 19 heavy (non-hydrogen) atoms. The van der Waals surface area contributed by atoms with Crippen molar-refractivity contribution >= 4 is 5.91 Å². The lowest BCUT2D eigenvalue weighted by atomic mass is 10.1. The molecule has 0 radical (unpaired) electrons. The van der Waals surface area contributed by atoms with E-state index in [1.165, 1.54) is 0 Å². The number of ether oxygens (including phenoxy) is 3. The Morgan fingerprint density at radius 1 is 1.32 bits per heavy atom. The number of hydrogen-bond acceptors (Lipinski definition) is 4. The van der Waals surface area contributed by atoms with E-state index in [0.29, 0.717) is 18.7 Å². The van der Waals surface area contributed by atoms with Gasteiger partial charge in [-0.25, -0.2) is 0 Å². The highest BCUT2D eigenvalue weighted by atomic mass is 16.7. The number of hydrogen-bond donors (Lipinski definition) is 1. The van der Waals surface area contributed by atoms with Gasteiger partial charge in [0, 0.05) is 13.2 Å². The minimum Gasteiger partial charge on any atom is -0.454 e. The number of benzene rings is 1. The summed E-state index contributed by atoms with van der Waals surface area (Å²) in [6.45, 7) is 1.66. The fraction of sp³-hybridized carbons (Fsp3) is 0.500. The second-order valence-electron chi connectivity index (χ2n) is 4.80. The molecule has 2 aliphatic heterocycles. The van der Waals surface area contributed by atoms with Crippen molar-refractivity contribution in [2.75, 3.05) is 19.9 Å². The van der Waals surface area contributed by atoms with Gasteiger partial charge in [-0.2, -0.15) is 0 Å². The maximum absolute atomic E-state index is 11.8. The summed E-state index contributed by atoms with van der Waals surface area (Å²) in [5.41, 5.74) is 0.925. The van der Waals surface area contributed by atoms with Crippen molar-refractivity contribution in [2.45, 2.75) is 25.4 Å². The fourth-order valence-electron chi connectivity index (χ4n) is 2.33. The van der Waals surface area contributed by atoms with Gasteiger partial charge >= 0.3 is 0 Å². The summed E-state index contributed by atoms with van der Waals surface area (Å²) in [6, 6.07) is 5.58. The molecule has 1 fully saturated rings. The fourth-order valence-corrected chi connectivity index (χ4v) is 2.33. The largest absolute Gasteiger partial charge is 0.454 e. The van der Waals surface area contributed by atoms with Gasteiger partial charge in [0.2, 0.25) is 12.7 Å². The highest BCUT2D eigenvalue weighted by Gasteiger charge is 2.17. The number of carbonyl (C=O) groups excluding carboxylic acids is 1. The third-order valence-corrected chi connectivity index (χ3v) is 3.35. The van der Waals surface area contributed by atoms with Crippen LogP contribution < -0.4 is 14.8 Å². The van der Waals surface area contributed by atoms with E-state index in [-0.39, 0.29) is 18.8 Å². The van der Waals surface area contributed by atoms with Crippen molar-refractivity contribution < 1.29 is 19.0 Å². The zero-order valence-electron chi connectivity index (χ0n) is 10.7. The maximum atomic E-state index is 11.8. The van der Waals surface area contributed by atoms with Crippen LogP contribution >= 0.6 is 0 Å². The summed E-state index contributed by atoms with van der Waals surface area (Å²) < 4.78 is 16.0.